The smallest absolute Gasteiger partial charge is 0.410 e. The number of nitrogens with one attached hydrogen (secondary N) is 2. The van der Waals surface area contributed by atoms with E-state index in [1.807, 2.05) is 26.8 Å². The van der Waals surface area contributed by atoms with Gasteiger partial charge in [-0.2, -0.15) is 9.71 Å². The highest BCUT2D eigenvalue weighted by molar-refractivity contribution is 7.96. The van der Waals surface area contributed by atoms with Crippen LogP contribution in [0.2, 0.25) is 0 Å². The first-order valence-electron chi connectivity index (χ1n) is 16.2. The molecule has 266 valence electrons. The lowest BCUT2D eigenvalue weighted by Crippen LogP contribution is -2.40. The van der Waals surface area contributed by atoms with Crippen molar-refractivity contribution in [3.05, 3.63) is 81.3 Å². The number of alkyl halides is 1. The minimum atomic E-state index is -4.08. The average Bonchev–Trinajstić information content (AvgIpc) is 3.51. The van der Waals surface area contributed by atoms with E-state index in [2.05, 4.69) is 32.1 Å². The molecule has 4 heterocycles. The number of rotatable bonds is 8. The third kappa shape index (κ3) is 7.46. The van der Waals surface area contributed by atoms with Crippen LogP contribution < -0.4 is 15.6 Å². The molecular weight excluding hydrogens is 675 g/mol. The zero-order valence-corrected chi connectivity index (χ0v) is 29.0. The molecule has 2 aliphatic heterocycles. The largest absolute Gasteiger partial charge is 0.444 e. The molecule has 3 N–H and O–H groups in total. The summed E-state index contributed by atoms with van der Waals surface area (Å²) in [5.74, 6) is -2.07. The van der Waals surface area contributed by atoms with Gasteiger partial charge in [0.05, 0.1) is 24.2 Å². The summed E-state index contributed by atoms with van der Waals surface area (Å²) in [6.45, 7) is 6.69. The third-order valence-electron chi connectivity index (χ3n) is 8.63. The molecule has 2 aromatic heterocycles. The van der Waals surface area contributed by atoms with Crippen molar-refractivity contribution in [1.29, 1.82) is 0 Å². The molecule has 1 amide bonds. The maximum absolute atomic E-state index is 15.7. The summed E-state index contributed by atoms with van der Waals surface area (Å²) in [4.78, 5) is 36.5. The Morgan fingerprint density at radius 3 is 2.64 bits per heavy atom. The first kappa shape index (κ1) is 35.3. The number of benzene rings is 2. The first-order valence-corrected chi connectivity index (χ1v) is 17.7. The minimum Gasteiger partial charge on any atom is -0.444 e. The molecule has 50 heavy (non-hydrogen) atoms. The van der Waals surface area contributed by atoms with Gasteiger partial charge in [0.25, 0.3) is 5.56 Å². The standard InChI is InChI=1S/C34H38F3N7O5S/c1-34(2,3)49-33(46)43-13-10-21-6-5-20(15-23(21)18-43)9-12-38-32-39-17-22-16-25(31(45)42(4)30(22)40-32)28-26(36)7-8-27(29(28)37)41-50(47,48)44-14-11-24(35)19-44/h5-8,15-17,24H,9-14,18-19H2,1-4H3,(H2-,38,39,40,41,45,47,48)/p+1/t24-/m1/s1. The molecule has 0 radical (unpaired) electrons. The second kappa shape index (κ2) is 13.6. The molecule has 0 spiro atoms. The number of carbonyl (C=O) groups excluding carboxylic acids is 1. The lowest BCUT2D eigenvalue weighted by atomic mass is 9.96. The summed E-state index contributed by atoms with van der Waals surface area (Å²) < 4.78 is 77.6. The van der Waals surface area contributed by atoms with Crippen LogP contribution >= 0.6 is 0 Å². The lowest BCUT2D eigenvalue weighted by molar-refractivity contribution is 0.0224. The normalized spacial score (nSPS) is 17.8. The number of pyridine rings is 1. The van der Waals surface area contributed by atoms with Gasteiger partial charge in [0, 0.05) is 38.3 Å². The van der Waals surface area contributed by atoms with E-state index in [0.717, 1.165) is 38.6 Å². The molecular formula is C34H39F3N7O5S+. The molecule has 0 aliphatic carbocycles. The van der Waals surface area contributed by atoms with Gasteiger partial charge in [-0.3, -0.25) is 9.36 Å². The van der Waals surface area contributed by atoms with E-state index in [1.165, 1.54) is 24.9 Å². The first-order chi connectivity index (χ1) is 23.6. The zero-order valence-electron chi connectivity index (χ0n) is 28.1. The number of ether oxygens (including phenoxy) is 1. The van der Waals surface area contributed by atoms with Gasteiger partial charge in [0.15, 0.2) is 5.82 Å². The highest BCUT2D eigenvalue weighted by atomic mass is 32.3. The zero-order chi connectivity index (χ0) is 36.0. The second-order valence-electron chi connectivity index (χ2n) is 13.5. The Morgan fingerprint density at radius 2 is 1.92 bits per heavy atom. The SMILES string of the molecule is Cn1c(=O)c(-c2c(F)ccc(N[S+](=O)(O)N3CC[C@@H](F)C3)c2F)cc2cnc(NCCc3ccc4c(c3)CN(C(=O)OC(C)(C)C)CC4)nc21. The molecule has 2 aromatic carbocycles. The molecule has 16 heteroatoms. The van der Waals surface area contributed by atoms with E-state index in [-0.39, 0.29) is 42.8 Å². The molecule has 4 aromatic rings. The maximum atomic E-state index is 15.7. The van der Waals surface area contributed by atoms with Crippen LogP contribution in [0, 0.1) is 11.6 Å². The summed E-state index contributed by atoms with van der Waals surface area (Å²) >= 11 is 0. The van der Waals surface area contributed by atoms with Gasteiger partial charge in [-0.1, -0.05) is 22.5 Å². The summed E-state index contributed by atoms with van der Waals surface area (Å²) in [7, 11) is -2.66. The van der Waals surface area contributed by atoms with Crippen molar-refractivity contribution < 1.29 is 31.5 Å². The van der Waals surface area contributed by atoms with Crippen LogP contribution in [-0.2, 0) is 46.0 Å². The number of aromatic nitrogens is 3. The van der Waals surface area contributed by atoms with Crippen molar-refractivity contribution in [3.8, 4) is 11.1 Å². The van der Waals surface area contributed by atoms with E-state index >= 15 is 8.78 Å². The van der Waals surface area contributed by atoms with Crippen LogP contribution in [0.15, 0.2) is 47.4 Å². The van der Waals surface area contributed by atoms with Crippen LogP contribution in [0.5, 0.6) is 0 Å². The van der Waals surface area contributed by atoms with Gasteiger partial charge in [0.1, 0.15) is 28.9 Å². The van der Waals surface area contributed by atoms with Crippen molar-refractivity contribution in [1.82, 2.24) is 23.7 Å². The van der Waals surface area contributed by atoms with Crippen LogP contribution in [0.3, 0.4) is 0 Å². The Bertz CT molecular complexity index is 2070. The number of hydrogen-bond acceptors (Lipinski definition) is 7. The van der Waals surface area contributed by atoms with Crippen molar-refractivity contribution in [2.75, 3.05) is 36.2 Å². The molecule has 2 atom stereocenters. The molecule has 1 unspecified atom stereocenters. The molecule has 2 aliphatic rings. The number of fused-ring (bicyclic) bond motifs is 2. The Morgan fingerprint density at radius 1 is 1.14 bits per heavy atom. The van der Waals surface area contributed by atoms with Gasteiger partial charge >= 0.3 is 16.7 Å². The van der Waals surface area contributed by atoms with E-state index in [0.29, 0.717) is 31.4 Å². The fourth-order valence-electron chi connectivity index (χ4n) is 6.08. The molecule has 0 saturated carbocycles. The Labute approximate surface area is 288 Å². The lowest BCUT2D eigenvalue weighted by Gasteiger charge is -2.31. The summed E-state index contributed by atoms with van der Waals surface area (Å²) in [6, 6.07) is 9.29. The quantitative estimate of drug-likeness (QED) is 0.204. The van der Waals surface area contributed by atoms with E-state index < -0.39 is 50.8 Å². The Balaban J connectivity index is 1.17. The number of carbonyl (C=O) groups is 1. The number of hydrogen-bond donors (Lipinski definition) is 3. The summed E-state index contributed by atoms with van der Waals surface area (Å²) in [5.41, 5.74) is 0.636. The Hall–Kier alpha value is -4.54. The molecule has 0 bridgehead atoms. The van der Waals surface area contributed by atoms with Crippen molar-refractivity contribution in [3.63, 3.8) is 0 Å². The van der Waals surface area contributed by atoms with Crippen LogP contribution in [0.4, 0.5) is 29.6 Å². The third-order valence-corrected chi connectivity index (χ3v) is 10.1. The summed E-state index contributed by atoms with van der Waals surface area (Å²) in [5, 5.41) is 3.48. The predicted molar refractivity (Wildman–Crippen MR) is 185 cm³/mol. The topological polar surface area (TPSA) is 142 Å². The fraction of sp³-hybridized carbons (Fsp3) is 0.412. The number of halogens is 3. The van der Waals surface area contributed by atoms with E-state index in [4.69, 9.17) is 4.74 Å². The van der Waals surface area contributed by atoms with Gasteiger partial charge in [-0.15, -0.1) is 4.55 Å². The number of anilines is 2. The number of nitrogens with zero attached hydrogens (tertiary/aromatic N) is 5. The molecule has 1 fully saturated rings. The maximum Gasteiger partial charge on any atom is 0.410 e. The molecule has 1 saturated heterocycles. The molecule has 12 nitrogen and oxygen atoms in total. The van der Waals surface area contributed by atoms with E-state index in [1.54, 1.807) is 4.90 Å². The van der Waals surface area contributed by atoms with Crippen molar-refractivity contribution in [2.45, 2.75) is 58.4 Å². The van der Waals surface area contributed by atoms with Crippen LogP contribution in [0.1, 0.15) is 43.9 Å². The van der Waals surface area contributed by atoms with Gasteiger partial charge in [0.2, 0.25) is 5.95 Å². The fourth-order valence-corrected chi connectivity index (χ4v) is 7.37. The van der Waals surface area contributed by atoms with Crippen LogP contribution in [-0.4, -0.2) is 72.3 Å². The highest BCUT2D eigenvalue weighted by Crippen LogP contribution is 2.32. The Kier molecular flexibility index (Phi) is 9.63. The van der Waals surface area contributed by atoms with Crippen molar-refractivity contribution >= 4 is 39.3 Å². The average molecular weight is 715 g/mol. The van der Waals surface area contributed by atoms with Gasteiger partial charge < -0.3 is 15.0 Å². The van der Waals surface area contributed by atoms with Gasteiger partial charge in [-0.05, 0) is 79.1 Å². The van der Waals surface area contributed by atoms with Crippen LogP contribution in [0.25, 0.3) is 22.2 Å². The minimum absolute atomic E-state index is 0.0223. The van der Waals surface area contributed by atoms with E-state index in [9.17, 15) is 22.7 Å². The predicted octanol–water partition coefficient (Wildman–Crippen LogP) is 5.48. The van der Waals surface area contributed by atoms with Gasteiger partial charge in [-0.25, -0.2) is 22.9 Å². The highest BCUT2D eigenvalue weighted by Gasteiger charge is 2.43. The summed E-state index contributed by atoms with van der Waals surface area (Å²) in [6.07, 6.45) is 1.20. The number of amides is 1. The number of aryl methyl sites for hydroxylation is 1. The second-order valence-corrected chi connectivity index (χ2v) is 15.2. The monoisotopic (exact) mass is 714 g/mol. The van der Waals surface area contributed by atoms with Crippen molar-refractivity contribution in [2.24, 2.45) is 7.05 Å². The molecule has 6 rings (SSSR count).